The van der Waals surface area contributed by atoms with Crippen LogP contribution in [0.5, 0.6) is 0 Å². The number of methoxy groups -OCH3 is 1. The third kappa shape index (κ3) is 5.72. The largest absolute Gasteiger partial charge is 0.384 e. The topological polar surface area (TPSA) is 64.3 Å². The van der Waals surface area contributed by atoms with Gasteiger partial charge in [-0.2, -0.15) is 11.8 Å². The Bertz CT molecular complexity index is 214. The minimum absolute atomic E-state index is 0.284. The number of nitrogens with two attached hydrogens (primary N) is 1. The van der Waals surface area contributed by atoms with E-state index in [0.29, 0.717) is 5.25 Å². The Morgan fingerprint density at radius 3 is 2.69 bits per heavy atom. The van der Waals surface area contributed by atoms with E-state index in [-0.39, 0.29) is 5.91 Å². The lowest BCUT2D eigenvalue weighted by Gasteiger charge is -2.29. The van der Waals surface area contributed by atoms with Crippen LogP contribution in [0, 0.1) is 0 Å². The van der Waals surface area contributed by atoms with Crippen LogP contribution in [-0.4, -0.2) is 42.7 Å². The van der Waals surface area contributed by atoms with E-state index >= 15 is 0 Å². The molecule has 0 heterocycles. The van der Waals surface area contributed by atoms with E-state index in [1.807, 2.05) is 13.8 Å². The summed E-state index contributed by atoms with van der Waals surface area (Å²) in [5.74, 6) is 0.659. The van der Waals surface area contributed by atoms with Crippen LogP contribution in [0.2, 0.25) is 0 Å². The van der Waals surface area contributed by atoms with Crippen molar-refractivity contribution in [3.8, 4) is 0 Å². The highest BCUT2D eigenvalue weighted by Gasteiger charge is 2.31. The number of nitrogens with one attached hydrogen (secondary N) is 1. The van der Waals surface area contributed by atoms with Crippen molar-refractivity contribution < 1.29 is 9.53 Å². The molecular formula is C11H24N2O2S. The van der Waals surface area contributed by atoms with Crippen molar-refractivity contribution in [1.29, 1.82) is 0 Å². The van der Waals surface area contributed by atoms with Gasteiger partial charge >= 0.3 is 0 Å². The Balaban J connectivity index is 4.13. The van der Waals surface area contributed by atoms with E-state index in [9.17, 15) is 4.79 Å². The number of carbonyl (C=O) groups is 1. The lowest BCUT2D eigenvalue weighted by Crippen LogP contribution is -2.54. The summed E-state index contributed by atoms with van der Waals surface area (Å²) in [7, 11) is 1.69. The second kappa shape index (κ2) is 7.92. The SMILES string of the molecule is CCNC(C)(CC(C)SCCOC)C(N)=O. The summed E-state index contributed by atoms with van der Waals surface area (Å²) in [6, 6.07) is 0. The Morgan fingerprint density at radius 2 is 2.25 bits per heavy atom. The third-order valence-electron chi connectivity index (χ3n) is 2.50. The van der Waals surface area contributed by atoms with Crippen molar-refractivity contribution in [3.63, 3.8) is 0 Å². The van der Waals surface area contributed by atoms with Crippen LogP contribution in [0.3, 0.4) is 0 Å². The van der Waals surface area contributed by atoms with Gasteiger partial charge in [0.2, 0.25) is 5.91 Å². The van der Waals surface area contributed by atoms with Crippen molar-refractivity contribution >= 4 is 17.7 Å². The zero-order valence-corrected chi connectivity index (χ0v) is 11.5. The highest BCUT2D eigenvalue weighted by Crippen LogP contribution is 2.21. The number of carbonyl (C=O) groups excluding carboxylic acids is 1. The smallest absolute Gasteiger partial charge is 0.237 e. The molecule has 0 aromatic carbocycles. The van der Waals surface area contributed by atoms with Crippen LogP contribution in [-0.2, 0) is 9.53 Å². The fraction of sp³-hybridized carbons (Fsp3) is 0.909. The Morgan fingerprint density at radius 1 is 1.62 bits per heavy atom. The molecule has 0 saturated carbocycles. The van der Waals surface area contributed by atoms with Gasteiger partial charge in [0.1, 0.15) is 0 Å². The van der Waals surface area contributed by atoms with E-state index in [1.165, 1.54) is 0 Å². The summed E-state index contributed by atoms with van der Waals surface area (Å²) >= 11 is 1.80. The van der Waals surface area contributed by atoms with E-state index < -0.39 is 5.54 Å². The molecule has 0 bridgehead atoms. The number of amides is 1. The molecule has 0 fully saturated rings. The zero-order valence-electron chi connectivity index (χ0n) is 10.7. The van der Waals surface area contributed by atoms with E-state index in [1.54, 1.807) is 18.9 Å². The van der Waals surface area contributed by atoms with Crippen LogP contribution in [0.1, 0.15) is 27.2 Å². The highest BCUT2D eigenvalue weighted by molar-refractivity contribution is 7.99. The number of thioether (sulfide) groups is 1. The van der Waals surface area contributed by atoms with E-state index in [0.717, 1.165) is 25.3 Å². The van der Waals surface area contributed by atoms with Gasteiger partial charge in [0.15, 0.2) is 0 Å². The van der Waals surface area contributed by atoms with E-state index in [4.69, 9.17) is 10.5 Å². The Hall–Kier alpha value is -0.260. The minimum atomic E-state index is -0.603. The molecule has 0 aliphatic carbocycles. The Kier molecular flexibility index (Phi) is 7.80. The fourth-order valence-corrected chi connectivity index (χ4v) is 2.73. The fourth-order valence-electron chi connectivity index (χ4n) is 1.62. The minimum Gasteiger partial charge on any atom is -0.384 e. The third-order valence-corrected chi connectivity index (χ3v) is 3.63. The first kappa shape index (κ1) is 15.7. The van der Waals surface area contributed by atoms with Crippen molar-refractivity contribution in [2.75, 3.05) is 26.0 Å². The number of hydrogen-bond donors (Lipinski definition) is 2. The molecule has 0 aromatic heterocycles. The predicted molar refractivity (Wildman–Crippen MR) is 69.7 cm³/mol. The van der Waals surface area contributed by atoms with Crippen molar-refractivity contribution in [3.05, 3.63) is 0 Å². The van der Waals surface area contributed by atoms with Gasteiger partial charge in [0.05, 0.1) is 12.1 Å². The standard InChI is InChI=1S/C11H24N2O2S/c1-5-13-11(3,10(12)14)8-9(2)16-7-6-15-4/h9,13H,5-8H2,1-4H3,(H2,12,14). The monoisotopic (exact) mass is 248 g/mol. The predicted octanol–water partition coefficient (Wildman–Crippen LogP) is 0.998. The molecule has 4 nitrogen and oxygen atoms in total. The molecule has 16 heavy (non-hydrogen) atoms. The van der Waals surface area contributed by atoms with Crippen LogP contribution in [0.25, 0.3) is 0 Å². The first-order chi connectivity index (χ1) is 7.46. The molecule has 0 spiro atoms. The number of ether oxygens (including phenoxy) is 1. The van der Waals surface area contributed by atoms with Crippen LogP contribution < -0.4 is 11.1 Å². The summed E-state index contributed by atoms with van der Waals surface area (Å²) in [4.78, 5) is 11.4. The number of rotatable bonds is 9. The average Bonchev–Trinajstić information content (AvgIpc) is 2.18. The van der Waals surface area contributed by atoms with Crippen LogP contribution >= 0.6 is 11.8 Å². The summed E-state index contributed by atoms with van der Waals surface area (Å²) in [6.07, 6.45) is 0.741. The molecule has 2 unspecified atom stereocenters. The van der Waals surface area contributed by atoms with Gasteiger partial charge in [-0.05, 0) is 19.9 Å². The lowest BCUT2D eigenvalue weighted by molar-refractivity contribution is -0.124. The summed E-state index contributed by atoms with van der Waals surface area (Å²) in [6.45, 7) is 7.44. The molecule has 0 rings (SSSR count). The quantitative estimate of drug-likeness (QED) is 0.598. The van der Waals surface area contributed by atoms with Gasteiger partial charge in [-0.15, -0.1) is 0 Å². The summed E-state index contributed by atoms with van der Waals surface area (Å²) in [5, 5.41) is 3.54. The molecule has 5 heteroatoms. The van der Waals surface area contributed by atoms with E-state index in [2.05, 4.69) is 12.2 Å². The number of primary amides is 1. The van der Waals surface area contributed by atoms with Gasteiger partial charge in [0.25, 0.3) is 0 Å². The molecule has 96 valence electrons. The van der Waals surface area contributed by atoms with Gasteiger partial charge in [-0.1, -0.05) is 13.8 Å². The first-order valence-corrected chi connectivity index (χ1v) is 6.66. The lowest BCUT2D eigenvalue weighted by atomic mass is 9.95. The molecule has 0 radical (unpaired) electrons. The number of likely N-dealkylation sites (N-methyl/N-ethyl adjacent to an activating group) is 1. The molecule has 1 amide bonds. The Labute approximate surface area is 103 Å². The molecule has 0 aromatic rings. The van der Waals surface area contributed by atoms with Gasteiger partial charge in [-0.3, -0.25) is 4.79 Å². The molecule has 3 N–H and O–H groups in total. The second-order valence-corrected chi connectivity index (χ2v) is 5.65. The zero-order chi connectivity index (χ0) is 12.6. The van der Waals surface area contributed by atoms with Gasteiger partial charge in [-0.25, -0.2) is 0 Å². The van der Waals surface area contributed by atoms with Crippen molar-refractivity contribution in [1.82, 2.24) is 5.32 Å². The molecular weight excluding hydrogens is 224 g/mol. The first-order valence-electron chi connectivity index (χ1n) is 5.61. The highest BCUT2D eigenvalue weighted by atomic mass is 32.2. The van der Waals surface area contributed by atoms with Crippen LogP contribution in [0.15, 0.2) is 0 Å². The van der Waals surface area contributed by atoms with Gasteiger partial charge < -0.3 is 15.8 Å². The molecule has 2 atom stereocenters. The van der Waals surface area contributed by atoms with Crippen molar-refractivity contribution in [2.45, 2.75) is 38.0 Å². The van der Waals surface area contributed by atoms with Crippen molar-refractivity contribution in [2.24, 2.45) is 5.73 Å². The van der Waals surface area contributed by atoms with Gasteiger partial charge in [0, 0.05) is 18.1 Å². The maximum absolute atomic E-state index is 11.4. The maximum Gasteiger partial charge on any atom is 0.237 e. The maximum atomic E-state index is 11.4. The number of hydrogen-bond acceptors (Lipinski definition) is 4. The second-order valence-electron chi connectivity index (χ2n) is 4.11. The molecule has 0 aliphatic rings. The summed E-state index contributed by atoms with van der Waals surface area (Å²) in [5.41, 5.74) is 4.82. The van der Waals surface area contributed by atoms with Crippen LogP contribution in [0.4, 0.5) is 0 Å². The summed E-state index contributed by atoms with van der Waals surface area (Å²) < 4.78 is 4.99. The normalized spacial score (nSPS) is 16.8. The molecule has 0 aliphatic heterocycles. The average molecular weight is 248 g/mol. The molecule has 0 saturated heterocycles.